The van der Waals surface area contributed by atoms with Crippen molar-refractivity contribution >= 4 is 34.2 Å². The summed E-state index contributed by atoms with van der Waals surface area (Å²) in [6.07, 6.45) is 5.16. The van der Waals surface area contributed by atoms with E-state index < -0.39 is 11.9 Å². The molecule has 7 nitrogen and oxygen atoms in total. The van der Waals surface area contributed by atoms with Crippen LogP contribution in [-0.4, -0.2) is 37.7 Å². The first-order valence-corrected chi connectivity index (χ1v) is 13.1. The molecule has 2 aromatic heterocycles. The number of carbonyl (C=O) groups is 2. The van der Waals surface area contributed by atoms with Crippen molar-refractivity contribution in [2.45, 2.75) is 57.3 Å². The van der Waals surface area contributed by atoms with Crippen molar-refractivity contribution in [2.75, 3.05) is 0 Å². The molecular weight excluding hydrogens is 477 g/mol. The summed E-state index contributed by atoms with van der Waals surface area (Å²) < 4.78 is 15.3. The highest BCUT2D eigenvalue weighted by Crippen LogP contribution is 2.27. The number of halogens is 1. The fraction of sp³-hybridized carbons (Fsp3) is 0.333. The van der Waals surface area contributed by atoms with Gasteiger partial charge in [-0.3, -0.25) is 9.59 Å². The number of hydrogen-bond donors (Lipinski definition) is 1. The number of fused-ring (bicyclic) bond motifs is 1. The summed E-state index contributed by atoms with van der Waals surface area (Å²) in [5.74, 6) is -0.913. The van der Waals surface area contributed by atoms with Crippen LogP contribution >= 0.6 is 11.3 Å². The smallest absolute Gasteiger partial charge is 0.247 e. The number of rotatable bonds is 8. The Kier molecular flexibility index (Phi) is 7.36. The van der Waals surface area contributed by atoms with E-state index in [0.717, 1.165) is 36.1 Å². The fourth-order valence-corrected chi connectivity index (χ4v) is 5.49. The van der Waals surface area contributed by atoms with E-state index in [4.69, 9.17) is 0 Å². The number of para-hydroxylation sites is 1. The Hall–Kier alpha value is -3.59. The van der Waals surface area contributed by atoms with Crippen molar-refractivity contribution < 1.29 is 14.0 Å². The molecule has 9 heteroatoms. The molecule has 5 rings (SSSR count). The molecule has 0 radical (unpaired) electrons. The second-order valence-electron chi connectivity index (χ2n) is 9.13. The van der Waals surface area contributed by atoms with Gasteiger partial charge in [-0.2, -0.15) is 0 Å². The third-order valence-electron chi connectivity index (χ3n) is 6.63. The average Bonchev–Trinajstić information content (AvgIpc) is 3.56. The summed E-state index contributed by atoms with van der Waals surface area (Å²) in [4.78, 5) is 30.1. The number of thiophene rings is 1. The number of amides is 2. The maximum absolute atomic E-state index is 13.8. The normalized spacial score (nSPS) is 15.0. The first-order valence-electron chi connectivity index (χ1n) is 12.2. The molecule has 2 heterocycles. The van der Waals surface area contributed by atoms with Gasteiger partial charge in [0.05, 0.1) is 12.1 Å². The average molecular weight is 506 g/mol. The van der Waals surface area contributed by atoms with E-state index in [9.17, 15) is 14.0 Å². The summed E-state index contributed by atoms with van der Waals surface area (Å²) in [6, 6.07) is 16.3. The Morgan fingerprint density at radius 3 is 2.58 bits per heavy atom. The van der Waals surface area contributed by atoms with E-state index in [1.54, 1.807) is 21.7 Å². The Labute approximate surface area is 212 Å². The van der Waals surface area contributed by atoms with Gasteiger partial charge in [0.15, 0.2) is 0 Å². The zero-order valence-electron chi connectivity index (χ0n) is 19.8. The monoisotopic (exact) mass is 505 g/mol. The Bertz CT molecular complexity index is 1320. The SMILES string of the molecule is O=C(NC1CCCCC1)[C@@H](c1ccc(F)cc1)N(Cc1cccs1)C(=O)Cn1nnc2ccccc21. The third-order valence-corrected chi connectivity index (χ3v) is 7.49. The zero-order valence-corrected chi connectivity index (χ0v) is 20.7. The van der Waals surface area contributed by atoms with Crippen molar-refractivity contribution in [1.29, 1.82) is 0 Å². The maximum atomic E-state index is 13.8. The first-order chi connectivity index (χ1) is 17.6. The number of nitrogens with one attached hydrogen (secondary N) is 1. The van der Waals surface area contributed by atoms with Gasteiger partial charge in [0.25, 0.3) is 0 Å². The van der Waals surface area contributed by atoms with E-state index >= 15 is 0 Å². The van der Waals surface area contributed by atoms with Gasteiger partial charge >= 0.3 is 0 Å². The quantitative estimate of drug-likeness (QED) is 0.371. The number of benzene rings is 2. The molecule has 186 valence electrons. The summed E-state index contributed by atoms with van der Waals surface area (Å²) in [5, 5.41) is 13.4. The van der Waals surface area contributed by atoms with Crippen molar-refractivity contribution in [3.05, 3.63) is 82.3 Å². The van der Waals surface area contributed by atoms with Gasteiger partial charge in [0.2, 0.25) is 11.8 Å². The van der Waals surface area contributed by atoms with Crippen LogP contribution in [0.2, 0.25) is 0 Å². The predicted molar refractivity (Wildman–Crippen MR) is 137 cm³/mol. The van der Waals surface area contributed by atoms with E-state index in [-0.39, 0.29) is 30.9 Å². The molecule has 1 saturated carbocycles. The van der Waals surface area contributed by atoms with Gasteiger partial charge in [-0.25, -0.2) is 9.07 Å². The summed E-state index contributed by atoms with van der Waals surface area (Å²) in [7, 11) is 0. The first kappa shape index (κ1) is 24.1. The van der Waals surface area contributed by atoms with Crippen molar-refractivity contribution in [1.82, 2.24) is 25.2 Å². The largest absolute Gasteiger partial charge is 0.351 e. The zero-order chi connectivity index (χ0) is 24.9. The molecule has 0 spiro atoms. The molecular formula is C27H28FN5O2S. The van der Waals surface area contributed by atoms with Crippen molar-refractivity contribution in [3.63, 3.8) is 0 Å². The number of aromatic nitrogens is 3. The van der Waals surface area contributed by atoms with Gasteiger partial charge in [-0.05, 0) is 54.1 Å². The predicted octanol–water partition coefficient (Wildman–Crippen LogP) is 4.85. The minimum absolute atomic E-state index is 0.0692. The molecule has 1 N–H and O–H groups in total. The lowest BCUT2D eigenvalue weighted by molar-refractivity contribution is -0.142. The summed E-state index contributed by atoms with van der Waals surface area (Å²) in [6.45, 7) is 0.184. The molecule has 0 saturated heterocycles. The van der Waals surface area contributed by atoms with Gasteiger partial charge in [0.1, 0.15) is 23.9 Å². The van der Waals surface area contributed by atoms with E-state index in [0.29, 0.717) is 11.1 Å². The highest BCUT2D eigenvalue weighted by atomic mass is 32.1. The molecule has 0 aliphatic heterocycles. The number of nitrogens with zero attached hydrogens (tertiary/aromatic N) is 4. The van der Waals surface area contributed by atoms with Crippen LogP contribution in [0.5, 0.6) is 0 Å². The van der Waals surface area contributed by atoms with E-state index in [1.807, 2.05) is 41.8 Å². The number of carbonyl (C=O) groups excluding carboxylic acids is 2. The van der Waals surface area contributed by atoms with Gasteiger partial charge in [0, 0.05) is 10.9 Å². The molecule has 1 fully saturated rings. The van der Waals surface area contributed by atoms with Crippen LogP contribution in [0.15, 0.2) is 66.0 Å². The third kappa shape index (κ3) is 5.46. The molecule has 2 amide bonds. The van der Waals surface area contributed by atoms with E-state index in [1.165, 1.54) is 29.9 Å². The minimum atomic E-state index is -0.906. The minimum Gasteiger partial charge on any atom is -0.351 e. The van der Waals surface area contributed by atoms with Crippen LogP contribution in [0.3, 0.4) is 0 Å². The Morgan fingerprint density at radius 1 is 1.06 bits per heavy atom. The molecule has 1 aliphatic rings. The van der Waals surface area contributed by atoms with Crippen LogP contribution in [-0.2, 0) is 22.7 Å². The molecule has 0 unspecified atom stereocenters. The highest BCUT2D eigenvalue weighted by Gasteiger charge is 2.33. The van der Waals surface area contributed by atoms with Gasteiger partial charge in [-0.1, -0.05) is 54.8 Å². The molecule has 2 aromatic carbocycles. The fourth-order valence-electron chi connectivity index (χ4n) is 4.79. The van der Waals surface area contributed by atoms with Crippen molar-refractivity contribution in [3.8, 4) is 0 Å². The van der Waals surface area contributed by atoms with Crippen molar-refractivity contribution in [2.24, 2.45) is 0 Å². The molecule has 1 atom stereocenters. The van der Waals surface area contributed by atoms with Crippen LogP contribution < -0.4 is 5.32 Å². The standard InChI is InChI=1S/C27H28FN5O2S/c28-20-14-12-19(13-15-20)26(27(35)29-21-7-2-1-3-8-21)32(17-22-9-6-16-36-22)25(34)18-33-24-11-5-4-10-23(24)30-31-33/h4-6,9-16,21,26H,1-3,7-8,17-18H2,(H,29,35)/t26-/m1/s1. The van der Waals surface area contributed by atoms with Crippen LogP contribution in [0.4, 0.5) is 4.39 Å². The molecule has 36 heavy (non-hydrogen) atoms. The lowest BCUT2D eigenvalue weighted by Crippen LogP contribution is -2.47. The number of hydrogen-bond acceptors (Lipinski definition) is 5. The molecule has 1 aliphatic carbocycles. The topological polar surface area (TPSA) is 80.1 Å². The van der Waals surface area contributed by atoms with Crippen LogP contribution in [0.1, 0.15) is 48.6 Å². The second-order valence-corrected chi connectivity index (χ2v) is 10.2. The van der Waals surface area contributed by atoms with Gasteiger partial charge in [-0.15, -0.1) is 16.4 Å². The molecule has 4 aromatic rings. The maximum Gasteiger partial charge on any atom is 0.247 e. The lowest BCUT2D eigenvalue weighted by Gasteiger charge is -2.33. The van der Waals surface area contributed by atoms with Gasteiger partial charge < -0.3 is 10.2 Å². The summed E-state index contributed by atoms with van der Waals surface area (Å²) in [5.41, 5.74) is 2.00. The second kappa shape index (κ2) is 11.0. The summed E-state index contributed by atoms with van der Waals surface area (Å²) >= 11 is 1.52. The van der Waals surface area contributed by atoms with Crippen LogP contribution in [0, 0.1) is 5.82 Å². The molecule has 0 bridgehead atoms. The lowest BCUT2D eigenvalue weighted by atomic mass is 9.94. The van der Waals surface area contributed by atoms with Crippen LogP contribution in [0.25, 0.3) is 11.0 Å². The Balaban J connectivity index is 1.49. The van der Waals surface area contributed by atoms with E-state index in [2.05, 4.69) is 15.6 Å². The Morgan fingerprint density at radius 2 is 1.83 bits per heavy atom. The highest BCUT2D eigenvalue weighted by molar-refractivity contribution is 7.09.